The number of piperidine rings is 1. The first-order chi connectivity index (χ1) is 13.3. The van der Waals surface area contributed by atoms with Gasteiger partial charge in [-0.05, 0) is 55.7 Å². The van der Waals surface area contributed by atoms with E-state index >= 15 is 0 Å². The van der Waals surface area contributed by atoms with Crippen molar-refractivity contribution < 1.29 is 9.53 Å². The SMILES string of the molecule is O=C(Nc1ccc(N2CCC(Cc3ccccc3)CC2)nc1)C1CCCO1. The molecule has 2 aliphatic heterocycles. The predicted molar refractivity (Wildman–Crippen MR) is 107 cm³/mol. The lowest BCUT2D eigenvalue weighted by atomic mass is 9.90. The standard InChI is InChI=1S/C22H27N3O2/c26-22(20-7-4-14-27-20)24-19-8-9-21(23-16-19)25-12-10-18(11-13-25)15-17-5-2-1-3-6-17/h1-3,5-6,8-9,16,18,20H,4,7,10-15H2,(H,24,26). The van der Waals surface area contributed by atoms with Gasteiger partial charge in [-0.25, -0.2) is 4.98 Å². The van der Waals surface area contributed by atoms with Gasteiger partial charge in [0.2, 0.25) is 0 Å². The molecule has 5 heteroatoms. The van der Waals surface area contributed by atoms with E-state index < -0.39 is 0 Å². The number of anilines is 2. The molecular weight excluding hydrogens is 338 g/mol. The number of ether oxygens (including phenoxy) is 1. The van der Waals surface area contributed by atoms with E-state index in [0.717, 1.165) is 49.8 Å². The van der Waals surface area contributed by atoms with Crippen LogP contribution in [-0.4, -0.2) is 36.7 Å². The molecule has 4 rings (SSSR count). The molecule has 0 saturated carbocycles. The van der Waals surface area contributed by atoms with Gasteiger partial charge >= 0.3 is 0 Å². The number of hydrogen-bond acceptors (Lipinski definition) is 4. The highest BCUT2D eigenvalue weighted by Crippen LogP contribution is 2.25. The highest BCUT2D eigenvalue weighted by Gasteiger charge is 2.24. The Morgan fingerprint density at radius 3 is 2.59 bits per heavy atom. The second-order valence-electron chi connectivity index (χ2n) is 7.52. The maximum Gasteiger partial charge on any atom is 0.253 e. The fraction of sp³-hybridized carbons (Fsp3) is 0.455. The first-order valence-electron chi connectivity index (χ1n) is 9.95. The summed E-state index contributed by atoms with van der Waals surface area (Å²) in [6.07, 6.45) is 6.73. The van der Waals surface area contributed by atoms with Gasteiger partial charge in [0, 0.05) is 19.7 Å². The maximum absolute atomic E-state index is 12.1. The van der Waals surface area contributed by atoms with E-state index in [1.807, 2.05) is 12.1 Å². The highest BCUT2D eigenvalue weighted by molar-refractivity contribution is 5.94. The van der Waals surface area contributed by atoms with Crippen molar-refractivity contribution in [1.82, 2.24) is 4.98 Å². The molecule has 1 aromatic carbocycles. The van der Waals surface area contributed by atoms with Gasteiger partial charge in [-0.3, -0.25) is 4.79 Å². The van der Waals surface area contributed by atoms with E-state index in [2.05, 4.69) is 45.5 Å². The van der Waals surface area contributed by atoms with Gasteiger partial charge < -0.3 is 15.0 Å². The maximum atomic E-state index is 12.1. The quantitative estimate of drug-likeness (QED) is 0.879. The smallest absolute Gasteiger partial charge is 0.253 e. The van der Waals surface area contributed by atoms with E-state index in [9.17, 15) is 4.79 Å². The van der Waals surface area contributed by atoms with Gasteiger partial charge in [0.1, 0.15) is 11.9 Å². The minimum absolute atomic E-state index is 0.0659. The van der Waals surface area contributed by atoms with Crippen molar-refractivity contribution >= 4 is 17.4 Å². The molecule has 2 saturated heterocycles. The fourth-order valence-corrected chi connectivity index (χ4v) is 3.97. The Morgan fingerprint density at radius 1 is 1.11 bits per heavy atom. The summed E-state index contributed by atoms with van der Waals surface area (Å²) in [7, 11) is 0. The lowest BCUT2D eigenvalue weighted by Crippen LogP contribution is -2.34. The fourth-order valence-electron chi connectivity index (χ4n) is 3.97. The van der Waals surface area contributed by atoms with Crippen LogP contribution in [0.3, 0.4) is 0 Å². The minimum atomic E-state index is -0.312. The van der Waals surface area contributed by atoms with E-state index in [-0.39, 0.29) is 12.0 Å². The molecule has 2 aliphatic rings. The van der Waals surface area contributed by atoms with Crippen molar-refractivity contribution in [3.05, 3.63) is 54.2 Å². The lowest BCUT2D eigenvalue weighted by Gasteiger charge is -2.33. The average Bonchev–Trinajstić information content (AvgIpc) is 3.25. The molecule has 27 heavy (non-hydrogen) atoms. The Balaban J connectivity index is 1.27. The number of hydrogen-bond donors (Lipinski definition) is 1. The largest absolute Gasteiger partial charge is 0.368 e. The van der Waals surface area contributed by atoms with Crippen LogP contribution in [0.25, 0.3) is 0 Å². The number of nitrogens with one attached hydrogen (secondary N) is 1. The van der Waals surface area contributed by atoms with E-state index in [0.29, 0.717) is 6.61 Å². The average molecular weight is 365 g/mol. The van der Waals surface area contributed by atoms with E-state index in [4.69, 9.17) is 4.74 Å². The Morgan fingerprint density at radius 2 is 1.93 bits per heavy atom. The molecule has 1 atom stereocenters. The van der Waals surface area contributed by atoms with E-state index in [1.165, 1.54) is 18.4 Å². The minimum Gasteiger partial charge on any atom is -0.368 e. The summed E-state index contributed by atoms with van der Waals surface area (Å²) < 4.78 is 5.42. The normalized spacial score (nSPS) is 20.6. The van der Waals surface area contributed by atoms with Gasteiger partial charge in [-0.15, -0.1) is 0 Å². The number of nitrogens with zero attached hydrogens (tertiary/aromatic N) is 2. The first-order valence-corrected chi connectivity index (χ1v) is 9.95. The third-order valence-corrected chi connectivity index (χ3v) is 5.54. The number of rotatable bonds is 5. The molecule has 5 nitrogen and oxygen atoms in total. The second kappa shape index (κ2) is 8.53. The highest BCUT2D eigenvalue weighted by atomic mass is 16.5. The first kappa shape index (κ1) is 18.0. The van der Waals surface area contributed by atoms with Crippen molar-refractivity contribution in [3.8, 4) is 0 Å². The zero-order valence-electron chi connectivity index (χ0n) is 15.6. The van der Waals surface area contributed by atoms with Gasteiger partial charge in [0.15, 0.2) is 0 Å². The van der Waals surface area contributed by atoms with Gasteiger partial charge in [0.25, 0.3) is 5.91 Å². The summed E-state index contributed by atoms with van der Waals surface area (Å²) in [6.45, 7) is 2.74. The molecule has 1 amide bonds. The number of carbonyl (C=O) groups excluding carboxylic acids is 1. The second-order valence-corrected chi connectivity index (χ2v) is 7.52. The van der Waals surface area contributed by atoms with Crippen molar-refractivity contribution in [2.45, 2.75) is 38.2 Å². The topological polar surface area (TPSA) is 54.5 Å². The molecule has 2 fully saturated rings. The van der Waals surface area contributed by atoms with Crippen molar-refractivity contribution in [3.63, 3.8) is 0 Å². The van der Waals surface area contributed by atoms with Gasteiger partial charge in [0.05, 0.1) is 11.9 Å². The number of carbonyl (C=O) groups is 1. The third kappa shape index (κ3) is 4.66. The van der Waals surface area contributed by atoms with Crippen molar-refractivity contribution in [2.24, 2.45) is 5.92 Å². The van der Waals surface area contributed by atoms with Crippen LogP contribution >= 0.6 is 0 Å². The number of pyridine rings is 1. The molecule has 0 spiro atoms. The summed E-state index contributed by atoms with van der Waals surface area (Å²) in [5.41, 5.74) is 2.17. The van der Waals surface area contributed by atoms with Gasteiger partial charge in [-0.1, -0.05) is 30.3 Å². The summed E-state index contributed by atoms with van der Waals surface area (Å²) in [4.78, 5) is 19.0. The predicted octanol–water partition coefficient (Wildman–Crippen LogP) is 3.66. The number of amides is 1. The van der Waals surface area contributed by atoms with Gasteiger partial charge in [-0.2, -0.15) is 0 Å². The monoisotopic (exact) mass is 365 g/mol. The van der Waals surface area contributed by atoms with Crippen molar-refractivity contribution in [1.29, 1.82) is 0 Å². The molecule has 142 valence electrons. The molecular formula is C22H27N3O2. The molecule has 1 N–H and O–H groups in total. The Labute approximate surface area is 160 Å². The Bertz CT molecular complexity index is 734. The van der Waals surface area contributed by atoms with Crippen LogP contribution in [0.4, 0.5) is 11.5 Å². The van der Waals surface area contributed by atoms with Crippen LogP contribution in [0, 0.1) is 5.92 Å². The molecule has 0 radical (unpaired) electrons. The van der Waals surface area contributed by atoms with Crippen LogP contribution in [0.1, 0.15) is 31.2 Å². The zero-order valence-corrected chi connectivity index (χ0v) is 15.6. The van der Waals surface area contributed by atoms with Crippen LogP contribution < -0.4 is 10.2 Å². The lowest BCUT2D eigenvalue weighted by molar-refractivity contribution is -0.124. The van der Waals surface area contributed by atoms with E-state index in [1.54, 1.807) is 6.20 Å². The van der Waals surface area contributed by atoms with Crippen LogP contribution in [0.2, 0.25) is 0 Å². The van der Waals surface area contributed by atoms with Crippen LogP contribution in [-0.2, 0) is 16.0 Å². The summed E-state index contributed by atoms with van der Waals surface area (Å²) in [5.74, 6) is 1.67. The Kier molecular flexibility index (Phi) is 5.68. The molecule has 1 unspecified atom stereocenters. The molecule has 0 aliphatic carbocycles. The summed E-state index contributed by atoms with van der Waals surface area (Å²) in [5, 5.41) is 2.90. The van der Waals surface area contributed by atoms with Crippen molar-refractivity contribution in [2.75, 3.05) is 29.9 Å². The third-order valence-electron chi connectivity index (χ3n) is 5.54. The number of aromatic nitrogens is 1. The Hall–Kier alpha value is -2.40. The summed E-state index contributed by atoms with van der Waals surface area (Å²) >= 11 is 0. The summed E-state index contributed by atoms with van der Waals surface area (Å²) in [6, 6.07) is 14.7. The zero-order chi connectivity index (χ0) is 18.5. The number of benzene rings is 1. The van der Waals surface area contributed by atoms with Crippen LogP contribution in [0.5, 0.6) is 0 Å². The molecule has 3 heterocycles. The van der Waals surface area contributed by atoms with Crippen LogP contribution in [0.15, 0.2) is 48.7 Å². The molecule has 2 aromatic rings. The molecule has 0 bridgehead atoms. The molecule has 1 aromatic heterocycles.